The molecule has 0 aromatic carbocycles. The lowest BCUT2D eigenvalue weighted by Crippen LogP contribution is -2.51. The van der Waals surface area contributed by atoms with E-state index in [0.717, 1.165) is 4.57 Å². The molecule has 25 heavy (non-hydrogen) atoms. The van der Waals surface area contributed by atoms with Crippen LogP contribution in [0.1, 0.15) is 27.0 Å². The van der Waals surface area contributed by atoms with Gasteiger partial charge in [0.05, 0.1) is 6.61 Å². The smallest absolute Gasteiger partial charge is 0.351 e. The highest BCUT2D eigenvalue weighted by molar-refractivity contribution is 5.76. The number of nitrogen functional groups attached to an aromatic ring is 1. The van der Waals surface area contributed by atoms with E-state index in [2.05, 4.69) is 4.98 Å². The minimum absolute atomic E-state index is 0.0171. The molecule has 0 saturated carbocycles. The third-order valence-corrected chi connectivity index (χ3v) is 4.23. The molecule has 2 rings (SSSR count). The van der Waals surface area contributed by atoms with Gasteiger partial charge in [0.25, 0.3) is 0 Å². The molecule has 0 spiro atoms. The van der Waals surface area contributed by atoms with E-state index in [4.69, 9.17) is 20.9 Å². The summed E-state index contributed by atoms with van der Waals surface area (Å²) in [5, 5.41) is 20.4. The van der Waals surface area contributed by atoms with Crippen LogP contribution in [0.4, 0.5) is 5.82 Å². The Bertz CT molecular complexity index is 689. The van der Waals surface area contributed by atoms with Crippen molar-refractivity contribution in [1.29, 1.82) is 0 Å². The largest absolute Gasteiger partial charge is 0.455 e. The Morgan fingerprint density at radius 2 is 2.20 bits per heavy atom. The van der Waals surface area contributed by atoms with Gasteiger partial charge in [0.15, 0.2) is 12.3 Å². The molecule has 1 fully saturated rings. The Morgan fingerprint density at radius 3 is 2.72 bits per heavy atom. The van der Waals surface area contributed by atoms with Gasteiger partial charge >= 0.3 is 11.7 Å². The summed E-state index contributed by atoms with van der Waals surface area (Å²) >= 11 is 0. The van der Waals surface area contributed by atoms with Crippen LogP contribution in [0.2, 0.25) is 0 Å². The summed E-state index contributed by atoms with van der Waals surface area (Å²) in [7, 11) is 0. The average molecular weight is 356 g/mol. The van der Waals surface area contributed by atoms with Gasteiger partial charge in [-0.25, -0.2) is 4.79 Å². The van der Waals surface area contributed by atoms with Crippen LogP contribution in [0.5, 0.6) is 0 Å². The van der Waals surface area contributed by atoms with Crippen LogP contribution >= 0.6 is 0 Å². The van der Waals surface area contributed by atoms with Crippen molar-refractivity contribution in [2.24, 2.45) is 11.7 Å². The SMILES string of the molecule is CC(C)[C@H](N)C(=O)O[C@H]1[C@@H](CO)O[C@@H](n2ccc(N)nc2=O)C1(C)O. The molecule has 0 aliphatic carbocycles. The second kappa shape index (κ2) is 7.08. The van der Waals surface area contributed by atoms with E-state index in [9.17, 15) is 19.8 Å². The van der Waals surface area contributed by atoms with Gasteiger partial charge in [-0.15, -0.1) is 0 Å². The Labute approximate surface area is 144 Å². The van der Waals surface area contributed by atoms with Gasteiger partial charge in [-0.2, -0.15) is 4.98 Å². The fourth-order valence-corrected chi connectivity index (χ4v) is 2.65. The topological polar surface area (TPSA) is 163 Å². The Hall–Kier alpha value is -2.01. The summed E-state index contributed by atoms with van der Waals surface area (Å²) in [4.78, 5) is 27.8. The van der Waals surface area contributed by atoms with Crippen molar-refractivity contribution in [3.63, 3.8) is 0 Å². The predicted octanol–water partition coefficient (Wildman–Crippen LogP) is -1.64. The number of aliphatic hydroxyl groups excluding tert-OH is 1. The molecule has 1 aromatic heterocycles. The number of hydrogen-bond donors (Lipinski definition) is 4. The lowest BCUT2D eigenvalue weighted by Gasteiger charge is -2.30. The van der Waals surface area contributed by atoms with Gasteiger partial charge in [0, 0.05) is 6.20 Å². The van der Waals surface area contributed by atoms with Crippen molar-refractivity contribution >= 4 is 11.8 Å². The van der Waals surface area contributed by atoms with Gasteiger partial charge in [-0.05, 0) is 18.9 Å². The normalized spacial score (nSPS) is 30.4. The fraction of sp³-hybridized carbons (Fsp3) is 0.667. The van der Waals surface area contributed by atoms with E-state index < -0.39 is 48.3 Å². The summed E-state index contributed by atoms with van der Waals surface area (Å²) in [6.07, 6.45) is -2.17. The number of aromatic nitrogens is 2. The highest BCUT2D eigenvalue weighted by atomic mass is 16.6. The third-order valence-electron chi connectivity index (χ3n) is 4.23. The third kappa shape index (κ3) is 3.66. The summed E-state index contributed by atoms with van der Waals surface area (Å²) in [5.41, 5.74) is 8.67. The minimum atomic E-state index is -1.80. The molecule has 1 unspecified atom stereocenters. The van der Waals surface area contributed by atoms with E-state index in [1.807, 2.05) is 0 Å². The molecule has 2 heterocycles. The molecule has 0 amide bonds. The first kappa shape index (κ1) is 19.3. The van der Waals surface area contributed by atoms with E-state index in [0.29, 0.717) is 0 Å². The van der Waals surface area contributed by atoms with Crippen LogP contribution < -0.4 is 17.2 Å². The first-order valence-corrected chi connectivity index (χ1v) is 7.89. The second-order valence-electron chi connectivity index (χ2n) is 6.60. The van der Waals surface area contributed by atoms with Crippen LogP contribution in [0.3, 0.4) is 0 Å². The summed E-state index contributed by atoms with van der Waals surface area (Å²) in [5.74, 6) is -0.888. The van der Waals surface area contributed by atoms with E-state index >= 15 is 0 Å². The number of aliphatic hydroxyl groups is 2. The zero-order chi connectivity index (χ0) is 18.9. The summed E-state index contributed by atoms with van der Waals surface area (Å²) in [6.45, 7) is 4.32. The summed E-state index contributed by atoms with van der Waals surface area (Å²) in [6, 6.07) is 0.470. The second-order valence-corrected chi connectivity index (χ2v) is 6.60. The number of ether oxygens (including phenoxy) is 2. The van der Waals surface area contributed by atoms with Gasteiger partial charge in [0.1, 0.15) is 23.6 Å². The van der Waals surface area contributed by atoms with Crippen molar-refractivity contribution in [3.05, 3.63) is 22.7 Å². The maximum Gasteiger partial charge on any atom is 0.351 e. The molecular weight excluding hydrogens is 332 g/mol. The fourth-order valence-electron chi connectivity index (χ4n) is 2.65. The number of anilines is 1. The molecule has 1 aromatic rings. The van der Waals surface area contributed by atoms with Crippen LogP contribution in [0.25, 0.3) is 0 Å². The van der Waals surface area contributed by atoms with Crippen LogP contribution in [-0.2, 0) is 14.3 Å². The van der Waals surface area contributed by atoms with Gasteiger partial charge < -0.3 is 31.2 Å². The number of nitrogens with zero attached hydrogens (tertiary/aromatic N) is 2. The molecule has 1 aliphatic rings. The van der Waals surface area contributed by atoms with E-state index in [-0.39, 0.29) is 11.7 Å². The molecule has 1 aliphatic heterocycles. The average Bonchev–Trinajstić information content (AvgIpc) is 2.77. The van der Waals surface area contributed by atoms with Crippen molar-refractivity contribution in [1.82, 2.24) is 9.55 Å². The monoisotopic (exact) mass is 356 g/mol. The number of rotatable bonds is 5. The molecule has 10 nitrogen and oxygen atoms in total. The van der Waals surface area contributed by atoms with E-state index in [1.165, 1.54) is 19.2 Å². The molecule has 10 heteroatoms. The lowest BCUT2D eigenvalue weighted by molar-refractivity contribution is -0.166. The number of carbonyl (C=O) groups is 1. The van der Waals surface area contributed by atoms with Crippen LogP contribution in [0, 0.1) is 5.92 Å². The first-order valence-electron chi connectivity index (χ1n) is 7.89. The quantitative estimate of drug-likeness (QED) is 0.453. The number of carbonyl (C=O) groups excluding carboxylic acids is 1. The predicted molar refractivity (Wildman–Crippen MR) is 87.2 cm³/mol. The Morgan fingerprint density at radius 1 is 1.56 bits per heavy atom. The highest BCUT2D eigenvalue weighted by Gasteiger charge is 2.56. The number of hydrogen-bond acceptors (Lipinski definition) is 9. The van der Waals surface area contributed by atoms with Crippen molar-refractivity contribution in [2.45, 2.75) is 50.8 Å². The van der Waals surface area contributed by atoms with Crippen LogP contribution in [0.15, 0.2) is 17.1 Å². The first-order chi connectivity index (χ1) is 11.6. The summed E-state index contributed by atoms with van der Waals surface area (Å²) < 4.78 is 11.9. The maximum absolute atomic E-state index is 12.2. The molecule has 6 N–H and O–H groups in total. The lowest BCUT2D eigenvalue weighted by atomic mass is 9.95. The Balaban J connectivity index is 2.32. The maximum atomic E-state index is 12.2. The molecule has 0 radical (unpaired) electrons. The minimum Gasteiger partial charge on any atom is -0.455 e. The number of nitrogens with two attached hydrogens (primary N) is 2. The number of esters is 1. The molecule has 140 valence electrons. The van der Waals surface area contributed by atoms with E-state index in [1.54, 1.807) is 13.8 Å². The molecular formula is C15H24N4O6. The zero-order valence-electron chi connectivity index (χ0n) is 14.3. The molecule has 5 atom stereocenters. The highest BCUT2D eigenvalue weighted by Crippen LogP contribution is 2.39. The van der Waals surface area contributed by atoms with Gasteiger partial charge in [-0.3, -0.25) is 9.36 Å². The van der Waals surface area contributed by atoms with Crippen molar-refractivity contribution in [3.8, 4) is 0 Å². The van der Waals surface area contributed by atoms with Gasteiger partial charge in [0.2, 0.25) is 0 Å². The Kier molecular flexibility index (Phi) is 5.47. The van der Waals surface area contributed by atoms with Crippen molar-refractivity contribution < 1.29 is 24.5 Å². The van der Waals surface area contributed by atoms with Crippen LogP contribution in [-0.4, -0.2) is 56.2 Å². The standard InChI is InChI=1S/C15H24N4O6/c1-7(2)10(17)12(21)25-11-8(6-20)24-13(15(11,3)23)19-5-4-9(16)18-14(19)22/h4-5,7-8,10-11,13,20,23H,6,17H2,1-3H3,(H2,16,18,22)/t8-,10+,11+,13-,15?/m1/s1. The molecule has 0 bridgehead atoms. The van der Waals surface area contributed by atoms with Crippen molar-refractivity contribution in [2.75, 3.05) is 12.3 Å². The zero-order valence-corrected chi connectivity index (χ0v) is 14.3. The van der Waals surface area contributed by atoms with Gasteiger partial charge in [-0.1, -0.05) is 13.8 Å². The molecule has 1 saturated heterocycles.